The van der Waals surface area contributed by atoms with Gasteiger partial charge in [-0.2, -0.15) is 0 Å². The van der Waals surface area contributed by atoms with Crippen molar-refractivity contribution in [3.05, 3.63) is 130 Å². The number of aromatic nitrogens is 1. The second kappa shape index (κ2) is 10.2. The van der Waals surface area contributed by atoms with Crippen molar-refractivity contribution in [2.45, 2.75) is 31.8 Å². The Morgan fingerprint density at radius 2 is 1.71 bits per heavy atom. The van der Waals surface area contributed by atoms with E-state index in [1.807, 2.05) is 66.7 Å². The van der Waals surface area contributed by atoms with E-state index in [2.05, 4.69) is 17.2 Å². The average molecular weight is 575 g/mol. The molecule has 2 N–H and O–H groups in total. The summed E-state index contributed by atoms with van der Waals surface area (Å²) in [6.45, 7) is 2.07. The fourth-order valence-electron chi connectivity index (χ4n) is 6.20. The van der Waals surface area contributed by atoms with Crippen LogP contribution >= 0.6 is 11.6 Å². The van der Waals surface area contributed by atoms with Crippen LogP contribution in [0.25, 0.3) is 10.9 Å². The first-order valence-corrected chi connectivity index (χ1v) is 14.3. The van der Waals surface area contributed by atoms with Crippen LogP contribution in [0.1, 0.15) is 45.7 Å². The first-order chi connectivity index (χ1) is 20.4. The predicted octanol–water partition coefficient (Wildman–Crippen LogP) is 7.12. The summed E-state index contributed by atoms with van der Waals surface area (Å²) in [4.78, 5) is 48.3. The molecule has 1 saturated heterocycles. The third-order valence-electron chi connectivity index (χ3n) is 8.22. The van der Waals surface area contributed by atoms with Crippen LogP contribution in [0, 0.1) is 0 Å². The maximum Gasteiger partial charge on any atom is 0.332 e. The van der Waals surface area contributed by atoms with Gasteiger partial charge in [0.05, 0.1) is 11.3 Å². The summed E-state index contributed by atoms with van der Waals surface area (Å²) in [6, 6.07) is 27.9. The molecular formula is C34H27ClN4O3. The normalized spacial score (nSPS) is 17.9. The van der Waals surface area contributed by atoms with E-state index in [-0.39, 0.29) is 17.2 Å². The average Bonchev–Trinajstić information content (AvgIpc) is 3.50. The molecule has 2 atom stereocenters. The zero-order valence-corrected chi connectivity index (χ0v) is 23.6. The molecule has 0 aliphatic carbocycles. The Bertz CT molecular complexity index is 1880. The molecular weight excluding hydrogens is 548 g/mol. The van der Waals surface area contributed by atoms with Crippen molar-refractivity contribution in [1.82, 2.24) is 9.88 Å². The first kappa shape index (κ1) is 26.0. The molecule has 0 bridgehead atoms. The number of hydrogen-bond donors (Lipinski definition) is 2. The second-order valence-electron chi connectivity index (χ2n) is 10.6. The van der Waals surface area contributed by atoms with Gasteiger partial charge in [-0.05, 0) is 65.6 Å². The number of anilines is 2. The summed E-state index contributed by atoms with van der Waals surface area (Å²) in [7, 11) is 0. The number of aryl methyl sites for hydroxylation is 1. The zero-order valence-electron chi connectivity index (χ0n) is 22.8. The standard InChI is InChI=1S/C34H27ClN4O3/c1-2-20-14-16-23(17-15-20)36-32(40)25-11-4-6-13-28(25)39-33(41)29-19-26-24-10-3-5-12-27(24)37-30(26)31(38(29)34(39)42)21-8-7-9-22(35)18-21/h3-18,29,31,37H,2,19H2,1H3,(H,36,40). The number of nitrogens with one attached hydrogen (secondary N) is 2. The van der Waals surface area contributed by atoms with Crippen LogP contribution in [0.4, 0.5) is 16.2 Å². The molecule has 2 unspecified atom stereocenters. The van der Waals surface area contributed by atoms with Gasteiger partial charge in [-0.25, -0.2) is 9.69 Å². The minimum absolute atomic E-state index is 0.238. The number of benzene rings is 4. The number of urea groups is 1. The number of hydrogen-bond acceptors (Lipinski definition) is 3. The molecule has 0 saturated carbocycles. The molecule has 2 aliphatic rings. The highest BCUT2D eigenvalue weighted by Gasteiger charge is 2.53. The largest absolute Gasteiger partial charge is 0.356 e. The van der Waals surface area contributed by atoms with Gasteiger partial charge in [0, 0.05) is 33.7 Å². The van der Waals surface area contributed by atoms with Crippen LogP contribution in [0.3, 0.4) is 0 Å². The van der Waals surface area contributed by atoms with Crippen LogP contribution in [-0.2, 0) is 17.6 Å². The lowest BCUT2D eigenvalue weighted by atomic mass is 9.89. The topological polar surface area (TPSA) is 85.5 Å². The number of amides is 4. The molecule has 42 heavy (non-hydrogen) atoms. The van der Waals surface area contributed by atoms with E-state index in [0.717, 1.165) is 44.6 Å². The highest BCUT2D eigenvalue weighted by atomic mass is 35.5. The van der Waals surface area contributed by atoms with Gasteiger partial charge in [0.1, 0.15) is 12.1 Å². The van der Waals surface area contributed by atoms with Gasteiger partial charge in [-0.3, -0.25) is 14.5 Å². The minimum Gasteiger partial charge on any atom is -0.356 e. The predicted molar refractivity (Wildman–Crippen MR) is 164 cm³/mol. The van der Waals surface area contributed by atoms with Gasteiger partial charge >= 0.3 is 6.03 Å². The van der Waals surface area contributed by atoms with Crippen LogP contribution in [0.5, 0.6) is 0 Å². The third-order valence-corrected chi connectivity index (χ3v) is 8.46. The number of aromatic amines is 1. The number of halogens is 1. The van der Waals surface area contributed by atoms with Crippen LogP contribution in [0.2, 0.25) is 5.02 Å². The molecule has 4 amide bonds. The van der Waals surface area contributed by atoms with Crippen LogP contribution in [0.15, 0.2) is 97.1 Å². The molecule has 5 aromatic rings. The smallest absolute Gasteiger partial charge is 0.332 e. The molecule has 7 rings (SSSR count). The number of imide groups is 1. The Kier molecular flexibility index (Phi) is 6.32. The number of H-pyrrole nitrogens is 1. The zero-order chi connectivity index (χ0) is 29.0. The molecule has 3 heterocycles. The molecule has 208 valence electrons. The summed E-state index contributed by atoms with van der Waals surface area (Å²) in [5.41, 5.74) is 5.89. The second-order valence-corrected chi connectivity index (χ2v) is 11.1. The summed E-state index contributed by atoms with van der Waals surface area (Å²) >= 11 is 6.41. The Balaban J connectivity index is 1.30. The quantitative estimate of drug-likeness (QED) is 0.219. The number of carbonyl (C=O) groups excluding carboxylic acids is 3. The SMILES string of the molecule is CCc1ccc(NC(=O)c2ccccc2N2C(=O)C3Cc4c([nH]c5ccccc45)C(c4cccc(Cl)c4)N3C2=O)cc1. The van der Waals surface area contributed by atoms with E-state index in [0.29, 0.717) is 17.1 Å². The lowest BCUT2D eigenvalue weighted by molar-refractivity contribution is -0.120. The van der Waals surface area contributed by atoms with E-state index in [4.69, 9.17) is 11.6 Å². The summed E-state index contributed by atoms with van der Waals surface area (Å²) in [6.07, 6.45) is 1.25. The lowest BCUT2D eigenvalue weighted by Crippen LogP contribution is -2.44. The van der Waals surface area contributed by atoms with Crippen molar-refractivity contribution < 1.29 is 14.4 Å². The van der Waals surface area contributed by atoms with Gasteiger partial charge in [0.15, 0.2) is 0 Å². The number of para-hydroxylation sites is 2. The van der Waals surface area contributed by atoms with Crippen LogP contribution < -0.4 is 10.2 Å². The highest BCUT2D eigenvalue weighted by molar-refractivity contribution is 6.30. The van der Waals surface area contributed by atoms with Crippen LogP contribution in [-0.4, -0.2) is 33.8 Å². The van der Waals surface area contributed by atoms with Gasteiger partial charge in [0.25, 0.3) is 11.8 Å². The number of fused-ring (bicyclic) bond motifs is 4. The maximum absolute atomic E-state index is 14.3. The maximum atomic E-state index is 14.3. The molecule has 1 fully saturated rings. The van der Waals surface area contributed by atoms with Crippen molar-refractivity contribution in [1.29, 1.82) is 0 Å². The fourth-order valence-corrected chi connectivity index (χ4v) is 6.40. The Labute approximate surface area is 247 Å². The van der Waals surface area contributed by atoms with E-state index >= 15 is 0 Å². The monoisotopic (exact) mass is 574 g/mol. The lowest BCUT2D eigenvalue weighted by Gasteiger charge is -2.36. The van der Waals surface area contributed by atoms with E-state index in [9.17, 15) is 14.4 Å². The van der Waals surface area contributed by atoms with Crippen molar-refractivity contribution >= 4 is 51.7 Å². The van der Waals surface area contributed by atoms with Crippen molar-refractivity contribution in [2.75, 3.05) is 10.2 Å². The number of rotatable bonds is 5. The highest BCUT2D eigenvalue weighted by Crippen LogP contribution is 2.45. The van der Waals surface area contributed by atoms with Gasteiger partial charge in [-0.1, -0.05) is 73.1 Å². The molecule has 0 radical (unpaired) electrons. The van der Waals surface area contributed by atoms with E-state index in [1.165, 1.54) is 0 Å². The fraction of sp³-hybridized carbons (Fsp3) is 0.147. The van der Waals surface area contributed by atoms with Gasteiger partial charge in [-0.15, -0.1) is 0 Å². The Morgan fingerprint density at radius 3 is 2.50 bits per heavy atom. The molecule has 0 spiro atoms. The van der Waals surface area contributed by atoms with Crippen molar-refractivity contribution in [3.8, 4) is 0 Å². The summed E-state index contributed by atoms with van der Waals surface area (Å²) in [5, 5.41) is 4.47. The summed E-state index contributed by atoms with van der Waals surface area (Å²) in [5.74, 6) is -0.765. The third kappa shape index (κ3) is 4.16. The molecule has 1 aromatic heterocycles. The van der Waals surface area contributed by atoms with E-state index < -0.39 is 24.0 Å². The number of nitrogens with zero attached hydrogens (tertiary/aromatic N) is 2. The molecule has 2 aliphatic heterocycles. The Hall–Kier alpha value is -4.88. The summed E-state index contributed by atoms with van der Waals surface area (Å²) < 4.78 is 0. The minimum atomic E-state index is -0.745. The first-order valence-electron chi connectivity index (χ1n) is 13.9. The van der Waals surface area contributed by atoms with Crippen molar-refractivity contribution in [3.63, 3.8) is 0 Å². The molecule has 4 aromatic carbocycles. The van der Waals surface area contributed by atoms with Gasteiger partial charge < -0.3 is 10.3 Å². The number of carbonyl (C=O) groups is 3. The van der Waals surface area contributed by atoms with E-state index in [1.54, 1.807) is 35.2 Å². The Morgan fingerprint density at radius 1 is 0.952 bits per heavy atom. The molecule has 8 heteroatoms. The van der Waals surface area contributed by atoms with Gasteiger partial charge in [0.2, 0.25) is 0 Å². The molecule has 7 nitrogen and oxygen atoms in total. The van der Waals surface area contributed by atoms with Crippen molar-refractivity contribution in [2.24, 2.45) is 0 Å².